The highest BCUT2D eigenvalue weighted by molar-refractivity contribution is 7.89. The fourth-order valence-electron chi connectivity index (χ4n) is 2.33. The van der Waals surface area contributed by atoms with Gasteiger partial charge in [0, 0.05) is 25.8 Å². The van der Waals surface area contributed by atoms with E-state index in [-0.39, 0.29) is 4.90 Å². The Bertz CT molecular complexity index is 529. The smallest absolute Gasteiger partial charge is 0.244 e. The summed E-state index contributed by atoms with van der Waals surface area (Å²) in [6, 6.07) is 3.29. The van der Waals surface area contributed by atoms with Gasteiger partial charge < -0.3 is 10.6 Å². The molecule has 0 saturated carbocycles. The van der Waals surface area contributed by atoms with E-state index in [2.05, 4.69) is 9.88 Å². The number of likely N-dealkylation sites (tertiary alicyclic amines) is 1. The molecule has 2 rings (SSSR count). The third kappa shape index (κ3) is 3.05. The molecule has 2 heterocycles. The average molecular weight is 284 g/mol. The van der Waals surface area contributed by atoms with Gasteiger partial charge in [0.15, 0.2) is 0 Å². The van der Waals surface area contributed by atoms with Gasteiger partial charge in [0.05, 0.1) is 0 Å². The first-order chi connectivity index (χ1) is 8.91. The number of pyridine rings is 1. The number of aromatic nitrogens is 1. The molecule has 2 N–H and O–H groups in total. The minimum atomic E-state index is -3.48. The molecule has 1 saturated heterocycles. The highest BCUT2D eigenvalue weighted by Gasteiger charge is 2.28. The van der Waals surface area contributed by atoms with Crippen LogP contribution in [0.15, 0.2) is 23.2 Å². The van der Waals surface area contributed by atoms with Crippen molar-refractivity contribution in [3.8, 4) is 0 Å². The number of nitrogens with zero attached hydrogens (tertiary/aromatic N) is 3. The van der Waals surface area contributed by atoms with Gasteiger partial charge in [0.25, 0.3) is 0 Å². The standard InChI is InChI=1S/C12H20N4O2S/c1-15-7-3-4-10(15)9-16(2)19(17,18)11-5-6-12(13)14-8-11/h5-6,8,10H,3-4,7,9H2,1-2H3,(H2,13,14). The molecule has 1 atom stereocenters. The molecule has 1 aliphatic heterocycles. The quantitative estimate of drug-likeness (QED) is 0.864. The summed E-state index contributed by atoms with van der Waals surface area (Å²) in [5.41, 5.74) is 5.47. The number of nitrogens with two attached hydrogens (primary N) is 1. The molecule has 1 aliphatic rings. The van der Waals surface area contributed by atoms with E-state index in [0.717, 1.165) is 19.4 Å². The number of likely N-dealkylation sites (N-methyl/N-ethyl adjacent to an activating group) is 2. The molecule has 7 heteroatoms. The number of nitrogen functional groups attached to an aromatic ring is 1. The summed E-state index contributed by atoms with van der Waals surface area (Å²) in [5.74, 6) is 0.317. The first kappa shape index (κ1) is 14.2. The summed E-state index contributed by atoms with van der Waals surface area (Å²) in [7, 11) is 0.162. The molecule has 106 valence electrons. The lowest BCUT2D eigenvalue weighted by Gasteiger charge is -2.25. The Balaban J connectivity index is 2.12. The van der Waals surface area contributed by atoms with Crippen LogP contribution in [0, 0.1) is 0 Å². The molecule has 0 aromatic carbocycles. The number of rotatable bonds is 4. The first-order valence-electron chi connectivity index (χ1n) is 6.29. The minimum Gasteiger partial charge on any atom is -0.384 e. The van der Waals surface area contributed by atoms with Crippen molar-refractivity contribution in [3.05, 3.63) is 18.3 Å². The fourth-order valence-corrected chi connectivity index (χ4v) is 3.48. The van der Waals surface area contributed by atoms with Crippen molar-refractivity contribution in [3.63, 3.8) is 0 Å². The summed E-state index contributed by atoms with van der Waals surface area (Å²) >= 11 is 0. The fraction of sp³-hybridized carbons (Fsp3) is 0.583. The Morgan fingerprint density at radius 1 is 1.53 bits per heavy atom. The molecule has 0 radical (unpaired) electrons. The number of sulfonamides is 1. The van der Waals surface area contributed by atoms with Crippen molar-refractivity contribution in [2.45, 2.75) is 23.8 Å². The van der Waals surface area contributed by atoms with Crippen molar-refractivity contribution in [2.75, 3.05) is 32.9 Å². The molecular formula is C12H20N4O2S. The third-order valence-corrected chi connectivity index (χ3v) is 5.41. The Kier molecular flexibility index (Phi) is 4.07. The lowest BCUT2D eigenvalue weighted by molar-refractivity contribution is 0.271. The molecule has 0 spiro atoms. The Labute approximate surface area is 114 Å². The van der Waals surface area contributed by atoms with Gasteiger partial charge in [0.1, 0.15) is 10.7 Å². The van der Waals surface area contributed by atoms with Gasteiger partial charge in [-0.05, 0) is 38.6 Å². The SMILES string of the molecule is CN1CCCC1CN(C)S(=O)(=O)c1ccc(N)nc1. The van der Waals surface area contributed by atoms with Crippen molar-refractivity contribution in [2.24, 2.45) is 0 Å². The highest BCUT2D eigenvalue weighted by Crippen LogP contribution is 2.19. The Hall–Kier alpha value is -1.18. The molecule has 1 unspecified atom stereocenters. The van der Waals surface area contributed by atoms with E-state index in [1.807, 2.05) is 7.05 Å². The Morgan fingerprint density at radius 2 is 2.26 bits per heavy atom. The summed E-state index contributed by atoms with van der Waals surface area (Å²) in [5, 5.41) is 0. The third-order valence-electron chi connectivity index (χ3n) is 3.61. The van der Waals surface area contributed by atoms with Crippen molar-refractivity contribution < 1.29 is 8.42 Å². The highest BCUT2D eigenvalue weighted by atomic mass is 32.2. The second-order valence-electron chi connectivity index (χ2n) is 4.98. The van der Waals surface area contributed by atoms with Crippen molar-refractivity contribution >= 4 is 15.8 Å². The molecule has 1 aromatic heterocycles. The van der Waals surface area contributed by atoms with Crippen LogP contribution in [-0.4, -0.2) is 55.8 Å². The number of hydrogen-bond acceptors (Lipinski definition) is 5. The molecule has 1 fully saturated rings. The zero-order valence-electron chi connectivity index (χ0n) is 11.3. The van der Waals surface area contributed by atoms with Gasteiger partial charge >= 0.3 is 0 Å². The van der Waals surface area contributed by atoms with Crippen LogP contribution in [0.25, 0.3) is 0 Å². The Morgan fingerprint density at radius 3 is 2.79 bits per heavy atom. The number of hydrogen-bond donors (Lipinski definition) is 1. The van der Waals surface area contributed by atoms with Gasteiger partial charge in [-0.25, -0.2) is 13.4 Å². The second-order valence-corrected chi connectivity index (χ2v) is 7.03. The normalized spacial score (nSPS) is 21.1. The maximum absolute atomic E-state index is 12.4. The maximum atomic E-state index is 12.4. The van der Waals surface area contributed by atoms with E-state index in [4.69, 9.17) is 5.73 Å². The van der Waals surface area contributed by atoms with E-state index in [1.54, 1.807) is 7.05 Å². The van der Waals surface area contributed by atoms with Gasteiger partial charge in [0.2, 0.25) is 10.0 Å². The largest absolute Gasteiger partial charge is 0.384 e. The van der Waals surface area contributed by atoms with Gasteiger partial charge in [-0.3, -0.25) is 0 Å². The predicted molar refractivity (Wildman–Crippen MR) is 74.1 cm³/mol. The van der Waals surface area contributed by atoms with Crippen LogP contribution in [0.2, 0.25) is 0 Å². The number of anilines is 1. The summed E-state index contributed by atoms with van der Waals surface area (Å²) in [6.45, 7) is 1.53. The van der Waals surface area contributed by atoms with Crippen LogP contribution in [0.5, 0.6) is 0 Å². The predicted octanol–water partition coefficient (Wildman–Crippen LogP) is 0.378. The molecule has 1 aromatic rings. The van der Waals surface area contributed by atoms with Crippen LogP contribution in [0.4, 0.5) is 5.82 Å². The minimum absolute atomic E-state index is 0.185. The van der Waals surface area contributed by atoms with E-state index >= 15 is 0 Å². The van der Waals surface area contributed by atoms with Crippen LogP contribution in [-0.2, 0) is 10.0 Å². The van der Waals surface area contributed by atoms with E-state index in [9.17, 15) is 8.42 Å². The zero-order valence-corrected chi connectivity index (χ0v) is 12.1. The van der Waals surface area contributed by atoms with Crippen molar-refractivity contribution in [1.82, 2.24) is 14.2 Å². The second kappa shape index (κ2) is 5.44. The van der Waals surface area contributed by atoms with Gasteiger partial charge in [-0.1, -0.05) is 0 Å². The molecule has 6 nitrogen and oxygen atoms in total. The average Bonchev–Trinajstić information content (AvgIpc) is 2.75. The van der Waals surface area contributed by atoms with Crippen LogP contribution in [0.1, 0.15) is 12.8 Å². The molecule has 0 bridgehead atoms. The molecular weight excluding hydrogens is 264 g/mol. The summed E-state index contributed by atoms with van der Waals surface area (Å²) in [6.07, 6.45) is 3.47. The van der Waals surface area contributed by atoms with Crippen LogP contribution < -0.4 is 5.73 Å². The lowest BCUT2D eigenvalue weighted by Crippen LogP contribution is -2.39. The van der Waals surface area contributed by atoms with Crippen LogP contribution in [0.3, 0.4) is 0 Å². The first-order valence-corrected chi connectivity index (χ1v) is 7.73. The maximum Gasteiger partial charge on any atom is 0.244 e. The van der Waals surface area contributed by atoms with Crippen LogP contribution >= 0.6 is 0 Å². The lowest BCUT2D eigenvalue weighted by atomic mass is 10.2. The zero-order chi connectivity index (χ0) is 14.0. The summed E-state index contributed by atoms with van der Waals surface area (Å²) in [4.78, 5) is 6.22. The van der Waals surface area contributed by atoms with Gasteiger partial charge in [-0.2, -0.15) is 4.31 Å². The van der Waals surface area contributed by atoms with E-state index in [1.165, 1.54) is 22.6 Å². The topological polar surface area (TPSA) is 79.5 Å². The molecule has 0 amide bonds. The van der Waals surface area contributed by atoms with E-state index in [0.29, 0.717) is 18.4 Å². The van der Waals surface area contributed by atoms with E-state index < -0.39 is 10.0 Å². The van der Waals surface area contributed by atoms with Gasteiger partial charge in [-0.15, -0.1) is 0 Å². The molecule has 0 aliphatic carbocycles. The molecule has 19 heavy (non-hydrogen) atoms. The summed E-state index contributed by atoms with van der Waals surface area (Å²) < 4.78 is 26.1. The van der Waals surface area contributed by atoms with Crippen molar-refractivity contribution in [1.29, 1.82) is 0 Å². The monoisotopic (exact) mass is 284 g/mol.